The van der Waals surface area contributed by atoms with Gasteiger partial charge in [0.2, 0.25) is 5.95 Å². The van der Waals surface area contributed by atoms with Crippen molar-refractivity contribution in [1.29, 1.82) is 0 Å². The first-order chi connectivity index (χ1) is 17.5. The van der Waals surface area contributed by atoms with Gasteiger partial charge in [-0.05, 0) is 68.1 Å². The highest BCUT2D eigenvalue weighted by Crippen LogP contribution is 2.40. The molecule has 0 spiro atoms. The van der Waals surface area contributed by atoms with Crippen LogP contribution in [0.3, 0.4) is 0 Å². The minimum atomic E-state index is 0.149. The lowest BCUT2D eigenvalue weighted by Gasteiger charge is -2.34. The molecule has 0 amide bonds. The molecule has 194 valence electrons. The Balaban J connectivity index is 1.31. The molecule has 1 saturated carbocycles. The van der Waals surface area contributed by atoms with Gasteiger partial charge in [0.15, 0.2) is 5.11 Å². The molecule has 0 bridgehead atoms. The van der Waals surface area contributed by atoms with E-state index in [0.29, 0.717) is 11.1 Å². The molecular weight excluding hydrogens is 464 g/mol. The van der Waals surface area contributed by atoms with Crippen LogP contribution in [0.4, 0.5) is 17.6 Å². The molecule has 0 atom stereocenters. The third kappa shape index (κ3) is 5.93. The molecule has 7 heteroatoms. The first-order valence-electron chi connectivity index (χ1n) is 14.0. The fourth-order valence-electron chi connectivity index (χ4n) is 6.08. The Hall–Kier alpha value is -2.41. The van der Waals surface area contributed by atoms with Gasteiger partial charge >= 0.3 is 0 Å². The average molecular weight is 507 g/mol. The summed E-state index contributed by atoms with van der Waals surface area (Å²) in [5.74, 6) is 4.22. The maximum Gasteiger partial charge on any atom is 0.232 e. The van der Waals surface area contributed by atoms with E-state index in [2.05, 4.69) is 70.7 Å². The van der Waals surface area contributed by atoms with Gasteiger partial charge in [0, 0.05) is 44.2 Å². The summed E-state index contributed by atoms with van der Waals surface area (Å²) in [6.07, 6.45) is 9.79. The standard InChI is InChI=1S/C29H42N6S/c1-22-10-16-34(17-11-22)25-20-26(35-18-12-23(2)13-19-35)32-27(31-25)33-28(36)30-21-29(14-6-7-15-29)24-8-4-3-5-9-24/h3-5,8-9,20,22-23H,6-7,10-19,21H2,1-2H3,(H2,30,31,32,33,36). The first-order valence-corrected chi connectivity index (χ1v) is 14.4. The van der Waals surface area contributed by atoms with Crippen molar-refractivity contribution >= 4 is 34.9 Å². The van der Waals surface area contributed by atoms with Gasteiger partial charge in [-0.1, -0.05) is 57.0 Å². The van der Waals surface area contributed by atoms with Crippen LogP contribution in [0.25, 0.3) is 0 Å². The van der Waals surface area contributed by atoms with Gasteiger partial charge in [-0.3, -0.25) is 0 Å². The summed E-state index contributed by atoms with van der Waals surface area (Å²) in [5.41, 5.74) is 1.56. The van der Waals surface area contributed by atoms with Crippen LogP contribution in [0.15, 0.2) is 36.4 Å². The van der Waals surface area contributed by atoms with Crippen molar-refractivity contribution in [2.24, 2.45) is 11.8 Å². The molecule has 2 N–H and O–H groups in total. The lowest BCUT2D eigenvalue weighted by atomic mass is 9.79. The average Bonchev–Trinajstić information content (AvgIpc) is 3.39. The highest BCUT2D eigenvalue weighted by atomic mass is 32.1. The second-order valence-electron chi connectivity index (χ2n) is 11.4. The molecule has 3 aliphatic rings. The number of thiocarbonyl (C=S) groups is 1. The van der Waals surface area contributed by atoms with Crippen molar-refractivity contribution in [3.05, 3.63) is 42.0 Å². The van der Waals surface area contributed by atoms with Crippen LogP contribution < -0.4 is 20.4 Å². The van der Waals surface area contributed by atoms with Crippen LogP contribution in [-0.4, -0.2) is 47.8 Å². The highest BCUT2D eigenvalue weighted by Gasteiger charge is 2.35. The van der Waals surface area contributed by atoms with E-state index in [1.165, 1.54) is 56.9 Å². The van der Waals surface area contributed by atoms with Crippen molar-refractivity contribution in [3.8, 4) is 0 Å². The molecule has 0 radical (unpaired) electrons. The fraction of sp³-hybridized carbons (Fsp3) is 0.621. The summed E-state index contributed by atoms with van der Waals surface area (Å²) < 4.78 is 0. The van der Waals surface area contributed by atoms with Gasteiger partial charge in [-0.2, -0.15) is 9.97 Å². The van der Waals surface area contributed by atoms with E-state index in [4.69, 9.17) is 22.2 Å². The van der Waals surface area contributed by atoms with E-state index in [1.54, 1.807) is 0 Å². The molecule has 36 heavy (non-hydrogen) atoms. The first kappa shape index (κ1) is 25.2. The Bertz CT molecular complexity index is 965. The zero-order valence-corrected chi connectivity index (χ0v) is 22.8. The summed E-state index contributed by atoms with van der Waals surface area (Å²) >= 11 is 5.77. The number of hydrogen-bond acceptors (Lipinski definition) is 5. The number of nitrogens with zero attached hydrogens (tertiary/aromatic N) is 4. The van der Waals surface area contributed by atoms with Gasteiger partial charge in [-0.25, -0.2) is 0 Å². The zero-order valence-electron chi connectivity index (χ0n) is 22.0. The van der Waals surface area contributed by atoms with E-state index in [1.807, 2.05) is 0 Å². The van der Waals surface area contributed by atoms with E-state index < -0.39 is 0 Å². The maximum atomic E-state index is 5.77. The van der Waals surface area contributed by atoms with Gasteiger partial charge in [0.25, 0.3) is 0 Å². The predicted molar refractivity (Wildman–Crippen MR) is 154 cm³/mol. The largest absolute Gasteiger partial charge is 0.361 e. The number of hydrogen-bond donors (Lipinski definition) is 2. The summed E-state index contributed by atoms with van der Waals surface area (Å²) in [4.78, 5) is 14.7. The van der Waals surface area contributed by atoms with E-state index in [-0.39, 0.29) is 5.41 Å². The van der Waals surface area contributed by atoms with Crippen molar-refractivity contribution in [3.63, 3.8) is 0 Å². The minimum Gasteiger partial charge on any atom is -0.361 e. The summed E-state index contributed by atoms with van der Waals surface area (Å²) in [5, 5.41) is 7.50. The highest BCUT2D eigenvalue weighted by molar-refractivity contribution is 7.80. The van der Waals surface area contributed by atoms with E-state index >= 15 is 0 Å². The van der Waals surface area contributed by atoms with Gasteiger partial charge in [0.1, 0.15) is 11.6 Å². The van der Waals surface area contributed by atoms with Crippen LogP contribution >= 0.6 is 12.2 Å². The lowest BCUT2D eigenvalue weighted by molar-refractivity contribution is 0.433. The smallest absolute Gasteiger partial charge is 0.232 e. The molecule has 5 rings (SSSR count). The fourth-order valence-corrected chi connectivity index (χ4v) is 6.25. The monoisotopic (exact) mass is 506 g/mol. The number of nitrogens with one attached hydrogen (secondary N) is 2. The third-order valence-electron chi connectivity index (χ3n) is 8.67. The molecule has 6 nitrogen and oxygen atoms in total. The molecule has 1 aromatic carbocycles. The lowest BCUT2D eigenvalue weighted by Crippen LogP contribution is -2.41. The van der Waals surface area contributed by atoms with Crippen LogP contribution in [0.2, 0.25) is 0 Å². The Labute approximate surface area is 222 Å². The molecule has 1 aliphatic carbocycles. The summed E-state index contributed by atoms with van der Waals surface area (Å²) in [6.45, 7) is 9.74. The predicted octanol–water partition coefficient (Wildman–Crippen LogP) is 5.75. The maximum absolute atomic E-state index is 5.77. The molecule has 2 aromatic rings. The number of benzene rings is 1. The zero-order chi connectivity index (χ0) is 25.0. The molecule has 2 saturated heterocycles. The van der Waals surface area contributed by atoms with Gasteiger partial charge in [0.05, 0.1) is 0 Å². The van der Waals surface area contributed by atoms with Crippen LogP contribution in [0.1, 0.15) is 70.8 Å². The van der Waals surface area contributed by atoms with Crippen LogP contribution in [0.5, 0.6) is 0 Å². The van der Waals surface area contributed by atoms with Crippen molar-refractivity contribution < 1.29 is 0 Å². The number of rotatable bonds is 6. The third-order valence-corrected chi connectivity index (χ3v) is 8.92. The molecule has 1 aromatic heterocycles. The van der Waals surface area contributed by atoms with Crippen LogP contribution in [-0.2, 0) is 5.41 Å². The number of aromatic nitrogens is 2. The molecule has 3 fully saturated rings. The van der Waals surface area contributed by atoms with Crippen LogP contribution in [0, 0.1) is 11.8 Å². The second-order valence-corrected chi connectivity index (χ2v) is 11.8. The molecule has 0 unspecified atom stereocenters. The van der Waals surface area contributed by atoms with E-state index in [9.17, 15) is 0 Å². The van der Waals surface area contributed by atoms with Crippen molar-refractivity contribution in [2.45, 2.75) is 70.6 Å². The van der Waals surface area contributed by atoms with Crippen molar-refractivity contribution in [1.82, 2.24) is 15.3 Å². The van der Waals surface area contributed by atoms with E-state index in [0.717, 1.165) is 56.2 Å². The number of piperidine rings is 2. The summed E-state index contributed by atoms with van der Waals surface area (Å²) in [6, 6.07) is 13.1. The SMILES string of the molecule is CC1CCN(c2cc(N3CCC(C)CC3)nc(NC(=S)NCC3(c4ccccc4)CCCC3)n2)CC1. The Morgan fingerprint density at radius 3 is 1.94 bits per heavy atom. The Morgan fingerprint density at radius 2 is 1.42 bits per heavy atom. The normalized spacial score (nSPS) is 20.9. The quantitative estimate of drug-likeness (QED) is 0.484. The molecular formula is C29H42N6S. The molecule has 3 heterocycles. The minimum absolute atomic E-state index is 0.149. The van der Waals surface area contributed by atoms with Crippen molar-refractivity contribution in [2.75, 3.05) is 47.8 Å². The van der Waals surface area contributed by atoms with Gasteiger partial charge < -0.3 is 20.4 Å². The Morgan fingerprint density at radius 1 is 0.889 bits per heavy atom. The number of anilines is 3. The topological polar surface area (TPSA) is 56.3 Å². The summed E-state index contributed by atoms with van der Waals surface area (Å²) in [7, 11) is 0. The second kappa shape index (κ2) is 11.3. The van der Waals surface area contributed by atoms with Gasteiger partial charge in [-0.15, -0.1) is 0 Å². The molecule has 2 aliphatic heterocycles. The Kier molecular flexibility index (Phi) is 7.94.